The van der Waals surface area contributed by atoms with Crippen molar-refractivity contribution in [2.75, 3.05) is 0 Å². The molecule has 0 nitrogen and oxygen atoms in total. The van der Waals surface area contributed by atoms with E-state index >= 15 is 0 Å². The lowest BCUT2D eigenvalue weighted by atomic mass is 10.2. The lowest BCUT2D eigenvalue weighted by Crippen LogP contribution is -1.72. The molecule has 1 heterocycles. The summed E-state index contributed by atoms with van der Waals surface area (Å²) in [5, 5.41) is 2.03. The van der Waals surface area contributed by atoms with Crippen LogP contribution in [0.4, 0.5) is 0 Å². The second-order valence-electron chi connectivity index (χ2n) is 2.73. The van der Waals surface area contributed by atoms with Crippen LogP contribution in [0.1, 0.15) is 10.4 Å². The summed E-state index contributed by atoms with van der Waals surface area (Å²) in [6.45, 7) is 0. The van der Waals surface area contributed by atoms with E-state index in [2.05, 4.69) is 27.8 Å². The van der Waals surface area contributed by atoms with Crippen LogP contribution in [0.2, 0.25) is 0 Å². The second-order valence-corrected chi connectivity index (χ2v) is 4.60. The standard InChI is InChI=1S/C12H7BrS/c13-11-6-3-10(4-7-11)5-8-12-2-1-9-14-12/h1-4,6-7,9H. The normalized spacial score (nSPS) is 9.21. The van der Waals surface area contributed by atoms with Gasteiger partial charge in [-0.15, -0.1) is 11.3 Å². The van der Waals surface area contributed by atoms with Gasteiger partial charge in [0.2, 0.25) is 0 Å². The molecule has 0 amide bonds. The fourth-order valence-corrected chi connectivity index (χ4v) is 1.85. The third kappa shape index (κ3) is 2.47. The second kappa shape index (κ2) is 4.45. The zero-order chi connectivity index (χ0) is 9.80. The predicted octanol–water partition coefficient (Wildman–Crippen LogP) is 3.91. The third-order valence-electron chi connectivity index (χ3n) is 1.70. The summed E-state index contributed by atoms with van der Waals surface area (Å²) in [7, 11) is 0. The average Bonchev–Trinajstić information content (AvgIpc) is 2.70. The molecular formula is C12H7BrS. The van der Waals surface area contributed by atoms with Crippen LogP contribution in [0.25, 0.3) is 0 Å². The van der Waals surface area contributed by atoms with E-state index in [1.54, 1.807) is 11.3 Å². The topological polar surface area (TPSA) is 0 Å². The Balaban J connectivity index is 2.22. The maximum atomic E-state index is 3.39. The van der Waals surface area contributed by atoms with E-state index in [1.165, 1.54) is 0 Å². The van der Waals surface area contributed by atoms with Crippen molar-refractivity contribution < 1.29 is 0 Å². The fourth-order valence-electron chi connectivity index (χ4n) is 1.02. The van der Waals surface area contributed by atoms with Crippen LogP contribution in [-0.4, -0.2) is 0 Å². The Hall–Kier alpha value is -1.04. The smallest absolute Gasteiger partial charge is 0.0772 e. The Bertz CT molecular complexity index is 457. The molecule has 0 aliphatic rings. The lowest BCUT2D eigenvalue weighted by molar-refractivity contribution is 1.60. The minimum Gasteiger partial charge on any atom is -0.135 e. The molecule has 2 heteroatoms. The molecule has 0 saturated carbocycles. The Labute approximate surface area is 95.7 Å². The van der Waals surface area contributed by atoms with Crippen LogP contribution >= 0.6 is 27.3 Å². The van der Waals surface area contributed by atoms with E-state index in [9.17, 15) is 0 Å². The van der Waals surface area contributed by atoms with Crippen LogP contribution in [-0.2, 0) is 0 Å². The van der Waals surface area contributed by atoms with Crippen molar-refractivity contribution in [2.45, 2.75) is 0 Å². The van der Waals surface area contributed by atoms with Crippen molar-refractivity contribution in [1.29, 1.82) is 0 Å². The molecule has 1 aromatic carbocycles. The number of thiophene rings is 1. The minimum atomic E-state index is 1.04. The maximum absolute atomic E-state index is 3.39. The monoisotopic (exact) mass is 262 g/mol. The van der Waals surface area contributed by atoms with Crippen LogP contribution in [0.3, 0.4) is 0 Å². The van der Waals surface area contributed by atoms with Crippen molar-refractivity contribution in [3.05, 3.63) is 56.7 Å². The SMILES string of the molecule is Brc1ccc(C#Cc2cccs2)cc1. The molecule has 0 atom stereocenters. The van der Waals surface area contributed by atoms with Crippen molar-refractivity contribution in [1.82, 2.24) is 0 Å². The molecule has 2 aromatic rings. The van der Waals surface area contributed by atoms with Gasteiger partial charge in [0.1, 0.15) is 0 Å². The fraction of sp³-hybridized carbons (Fsp3) is 0. The van der Waals surface area contributed by atoms with Crippen molar-refractivity contribution in [3.8, 4) is 11.8 Å². The first-order valence-corrected chi connectivity index (χ1v) is 5.83. The van der Waals surface area contributed by atoms with Crippen molar-refractivity contribution >= 4 is 27.3 Å². The molecule has 2 rings (SSSR count). The number of halogens is 1. The van der Waals surface area contributed by atoms with Gasteiger partial charge in [0, 0.05) is 10.0 Å². The minimum absolute atomic E-state index is 1.04. The third-order valence-corrected chi connectivity index (χ3v) is 3.01. The first kappa shape index (κ1) is 9.51. The first-order chi connectivity index (χ1) is 6.84. The summed E-state index contributed by atoms with van der Waals surface area (Å²) in [6.07, 6.45) is 0. The summed E-state index contributed by atoms with van der Waals surface area (Å²) < 4.78 is 1.08. The van der Waals surface area contributed by atoms with E-state index in [0.29, 0.717) is 0 Å². The highest BCUT2D eigenvalue weighted by molar-refractivity contribution is 9.10. The van der Waals surface area contributed by atoms with Crippen LogP contribution < -0.4 is 0 Å². The molecule has 14 heavy (non-hydrogen) atoms. The van der Waals surface area contributed by atoms with Gasteiger partial charge in [0.05, 0.1) is 4.88 Å². The van der Waals surface area contributed by atoms with E-state index < -0.39 is 0 Å². The molecule has 0 spiro atoms. The molecule has 0 radical (unpaired) electrons. The summed E-state index contributed by atoms with van der Waals surface area (Å²) in [5.41, 5.74) is 1.04. The highest BCUT2D eigenvalue weighted by atomic mass is 79.9. The van der Waals surface area contributed by atoms with Gasteiger partial charge in [-0.2, -0.15) is 0 Å². The van der Waals surface area contributed by atoms with Gasteiger partial charge < -0.3 is 0 Å². The van der Waals surface area contributed by atoms with Crippen molar-refractivity contribution in [3.63, 3.8) is 0 Å². The molecule has 0 unspecified atom stereocenters. The average molecular weight is 263 g/mol. The number of hydrogen-bond acceptors (Lipinski definition) is 1. The number of rotatable bonds is 0. The van der Waals surface area contributed by atoms with Gasteiger partial charge in [0.15, 0.2) is 0 Å². The summed E-state index contributed by atoms with van der Waals surface area (Å²) in [6, 6.07) is 12.0. The Morgan fingerprint density at radius 1 is 1.00 bits per heavy atom. The van der Waals surface area contributed by atoms with Gasteiger partial charge >= 0.3 is 0 Å². The highest BCUT2D eigenvalue weighted by Gasteiger charge is 1.88. The molecule has 0 saturated heterocycles. The quantitative estimate of drug-likeness (QED) is 0.632. The molecule has 0 aliphatic heterocycles. The van der Waals surface area contributed by atoms with Crippen LogP contribution in [0.5, 0.6) is 0 Å². The number of benzene rings is 1. The predicted molar refractivity (Wildman–Crippen MR) is 64.4 cm³/mol. The number of hydrogen-bond donors (Lipinski definition) is 0. The van der Waals surface area contributed by atoms with Crippen molar-refractivity contribution in [2.24, 2.45) is 0 Å². The molecule has 0 N–H and O–H groups in total. The first-order valence-electron chi connectivity index (χ1n) is 4.16. The zero-order valence-electron chi connectivity index (χ0n) is 7.33. The molecule has 0 fully saturated rings. The van der Waals surface area contributed by atoms with Crippen LogP contribution in [0, 0.1) is 11.8 Å². The van der Waals surface area contributed by atoms with Gasteiger partial charge in [-0.05, 0) is 35.7 Å². The van der Waals surface area contributed by atoms with E-state index in [0.717, 1.165) is 14.9 Å². The maximum Gasteiger partial charge on any atom is 0.0772 e. The highest BCUT2D eigenvalue weighted by Crippen LogP contribution is 2.10. The largest absolute Gasteiger partial charge is 0.135 e. The summed E-state index contributed by atoms with van der Waals surface area (Å²) in [5.74, 6) is 6.23. The molecule has 0 aliphatic carbocycles. The molecule has 0 bridgehead atoms. The van der Waals surface area contributed by atoms with Crippen LogP contribution in [0.15, 0.2) is 46.3 Å². The van der Waals surface area contributed by atoms with Gasteiger partial charge in [-0.25, -0.2) is 0 Å². The van der Waals surface area contributed by atoms with Gasteiger partial charge in [-0.3, -0.25) is 0 Å². The summed E-state index contributed by atoms with van der Waals surface area (Å²) >= 11 is 5.05. The molecule has 1 aromatic heterocycles. The summed E-state index contributed by atoms with van der Waals surface area (Å²) in [4.78, 5) is 1.10. The Morgan fingerprint density at radius 2 is 1.79 bits per heavy atom. The molecule has 68 valence electrons. The molecular weight excluding hydrogens is 256 g/mol. The van der Waals surface area contributed by atoms with E-state index in [-0.39, 0.29) is 0 Å². The Morgan fingerprint density at radius 3 is 2.43 bits per heavy atom. The van der Waals surface area contributed by atoms with Gasteiger partial charge in [-0.1, -0.05) is 33.8 Å². The lowest BCUT2D eigenvalue weighted by Gasteiger charge is -1.89. The van der Waals surface area contributed by atoms with E-state index in [1.807, 2.05) is 41.8 Å². The van der Waals surface area contributed by atoms with Gasteiger partial charge in [0.25, 0.3) is 0 Å². The Kier molecular flexibility index (Phi) is 3.03. The zero-order valence-corrected chi connectivity index (χ0v) is 9.73. The van der Waals surface area contributed by atoms with E-state index in [4.69, 9.17) is 0 Å².